The Morgan fingerprint density at radius 2 is 2.05 bits per heavy atom. The van der Waals surface area contributed by atoms with Crippen LogP contribution in [0.4, 0.5) is 0 Å². The molecule has 0 N–H and O–H groups in total. The molecule has 2 rings (SSSR count). The lowest BCUT2D eigenvalue weighted by atomic mass is 10.2. The van der Waals surface area contributed by atoms with Crippen molar-refractivity contribution in [1.82, 2.24) is 4.98 Å². The van der Waals surface area contributed by atoms with Crippen LogP contribution in [0.25, 0.3) is 6.08 Å². The third-order valence-corrected chi connectivity index (χ3v) is 2.55. The van der Waals surface area contributed by atoms with E-state index >= 15 is 0 Å². The molecule has 1 aromatic carbocycles. The van der Waals surface area contributed by atoms with E-state index in [0.717, 1.165) is 5.56 Å². The normalized spacial score (nSPS) is 10.7. The molecular formula is C16H12N2O2. The molecule has 0 atom stereocenters. The van der Waals surface area contributed by atoms with Crippen LogP contribution in [0.5, 0.6) is 0 Å². The average Bonchev–Trinajstić information content (AvgIpc) is 2.52. The Bertz CT molecular complexity index is 643. The first-order valence-corrected chi connectivity index (χ1v) is 6.02. The zero-order valence-electron chi connectivity index (χ0n) is 10.7. The minimum atomic E-state index is -0.639. The zero-order chi connectivity index (χ0) is 14.2. The molecule has 0 aliphatic heterocycles. The van der Waals surface area contributed by atoms with Gasteiger partial charge in [0.1, 0.15) is 18.2 Å². The fourth-order valence-electron chi connectivity index (χ4n) is 1.57. The topological polar surface area (TPSA) is 63.0 Å². The fraction of sp³-hybridized carbons (Fsp3) is 0.0625. The van der Waals surface area contributed by atoms with Crippen molar-refractivity contribution in [3.05, 3.63) is 71.6 Å². The number of carbonyl (C=O) groups excluding carboxylic acids is 1. The minimum Gasteiger partial charge on any atom is -0.457 e. The standard InChI is InChI=1S/C16H12N2O2/c17-10-15(9-14-7-4-8-18-11-14)16(19)20-12-13-5-2-1-3-6-13/h1-9,11H,12H2/b15-9+. The highest BCUT2D eigenvalue weighted by Crippen LogP contribution is 2.08. The van der Waals surface area contributed by atoms with Crippen LogP contribution in [0.2, 0.25) is 0 Å². The van der Waals surface area contributed by atoms with Gasteiger partial charge in [-0.1, -0.05) is 36.4 Å². The van der Waals surface area contributed by atoms with Crippen molar-refractivity contribution in [3.63, 3.8) is 0 Å². The van der Waals surface area contributed by atoms with Crippen molar-refractivity contribution in [2.45, 2.75) is 6.61 Å². The van der Waals surface area contributed by atoms with E-state index in [-0.39, 0.29) is 12.2 Å². The molecular weight excluding hydrogens is 252 g/mol. The number of hydrogen-bond donors (Lipinski definition) is 0. The summed E-state index contributed by atoms with van der Waals surface area (Å²) in [4.78, 5) is 15.7. The van der Waals surface area contributed by atoms with Crippen molar-refractivity contribution in [2.75, 3.05) is 0 Å². The van der Waals surface area contributed by atoms with Crippen LogP contribution in [-0.2, 0) is 16.1 Å². The lowest BCUT2D eigenvalue weighted by Crippen LogP contribution is -2.06. The van der Waals surface area contributed by atoms with Gasteiger partial charge in [-0.2, -0.15) is 5.26 Å². The Balaban J connectivity index is 2.03. The third kappa shape index (κ3) is 3.79. The van der Waals surface area contributed by atoms with E-state index in [4.69, 9.17) is 10.00 Å². The molecule has 4 heteroatoms. The summed E-state index contributed by atoms with van der Waals surface area (Å²) in [6.45, 7) is 0.145. The first kappa shape index (κ1) is 13.5. The van der Waals surface area contributed by atoms with E-state index in [0.29, 0.717) is 5.56 Å². The van der Waals surface area contributed by atoms with E-state index in [2.05, 4.69) is 4.98 Å². The molecule has 98 valence electrons. The van der Waals surface area contributed by atoms with Crippen LogP contribution in [-0.4, -0.2) is 11.0 Å². The largest absolute Gasteiger partial charge is 0.457 e. The molecule has 0 aliphatic carbocycles. The van der Waals surface area contributed by atoms with Gasteiger partial charge < -0.3 is 4.74 Å². The van der Waals surface area contributed by atoms with E-state index in [1.165, 1.54) is 6.08 Å². The molecule has 2 aromatic rings. The Morgan fingerprint density at radius 1 is 1.25 bits per heavy atom. The van der Waals surface area contributed by atoms with E-state index in [1.807, 2.05) is 36.4 Å². The van der Waals surface area contributed by atoms with Crippen molar-refractivity contribution < 1.29 is 9.53 Å². The van der Waals surface area contributed by atoms with Gasteiger partial charge in [-0.15, -0.1) is 0 Å². The summed E-state index contributed by atoms with van der Waals surface area (Å²) in [5.74, 6) is -0.639. The predicted molar refractivity (Wildman–Crippen MR) is 74.1 cm³/mol. The first-order chi connectivity index (χ1) is 9.79. The molecule has 4 nitrogen and oxygen atoms in total. The van der Waals surface area contributed by atoms with Gasteiger partial charge in [0.05, 0.1) is 0 Å². The average molecular weight is 264 g/mol. The Hall–Kier alpha value is -2.93. The van der Waals surface area contributed by atoms with Gasteiger partial charge in [0.15, 0.2) is 0 Å². The highest BCUT2D eigenvalue weighted by molar-refractivity contribution is 5.97. The number of pyridine rings is 1. The summed E-state index contributed by atoms with van der Waals surface area (Å²) in [6.07, 6.45) is 4.65. The van der Waals surface area contributed by atoms with Gasteiger partial charge in [-0.25, -0.2) is 4.79 Å². The number of rotatable bonds is 4. The maximum absolute atomic E-state index is 11.8. The highest BCUT2D eigenvalue weighted by atomic mass is 16.5. The molecule has 1 aromatic heterocycles. The van der Waals surface area contributed by atoms with E-state index in [1.54, 1.807) is 24.5 Å². The lowest BCUT2D eigenvalue weighted by Gasteiger charge is -2.03. The second-order valence-electron chi connectivity index (χ2n) is 4.02. The number of hydrogen-bond acceptors (Lipinski definition) is 4. The van der Waals surface area contributed by atoms with Gasteiger partial charge in [0, 0.05) is 12.4 Å². The molecule has 0 bridgehead atoms. The van der Waals surface area contributed by atoms with Gasteiger partial charge >= 0.3 is 5.97 Å². The summed E-state index contributed by atoms with van der Waals surface area (Å²) < 4.78 is 5.10. The number of carbonyl (C=O) groups is 1. The number of esters is 1. The Kier molecular flexibility index (Phi) is 4.63. The van der Waals surface area contributed by atoms with Gasteiger partial charge in [0.2, 0.25) is 0 Å². The molecule has 0 amide bonds. The van der Waals surface area contributed by atoms with Gasteiger partial charge in [0.25, 0.3) is 0 Å². The summed E-state index contributed by atoms with van der Waals surface area (Å²) in [5.41, 5.74) is 1.51. The smallest absolute Gasteiger partial charge is 0.349 e. The lowest BCUT2D eigenvalue weighted by molar-refractivity contribution is -0.139. The quantitative estimate of drug-likeness (QED) is 0.484. The second kappa shape index (κ2) is 6.86. The highest BCUT2D eigenvalue weighted by Gasteiger charge is 2.10. The predicted octanol–water partition coefficient (Wildman–Crippen LogP) is 2.73. The first-order valence-electron chi connectivity index (χ1n) is 6.02. The van der Waals surface area contributed by atoms with Crippen LogP contribution < -0.4 is 0 Å². The number of benzene rings is 1. The summed E-state index contributed by atoms with van der Waals surface area (Å²) in [5, 5.41) is 9.02. The number of ether oxygens (including phenoxy) is 1. The Labute approximate surface area is 117 Å². The van der Waals surface area contributed by atoms with Gasteiger partial charge in [-0.05, 0) is 23.3 Å². The van der Waals surface area contributed by atoms with Crippen molar-refractivity contribution in [2.24, 2.45) is 0 Å². The molecule has 0 radical (unpaired) electrons. The maximum Gasteiger partial charge on any atom is 0.349 e. The number of nitrogens with zero attached hydrogens (tertiary/aromatic N) is 2. The summed E-state index contributed by atoms with van der Waals surface area (Å²) in [6, 6.07) is 14.6. The zero-order valence-corrected chi connectivity index (χ0v) is 10.7. The van der Waals surface area contributed by atoms with Crippen LogP contribution in [0, 0.1) is 11.3 Å². The van der Waals surface area contributed by atoms with Crippen LogP contribution in [0.3, 0.4) is 0 Å². The van der Waals surface area contributed by atoms with Crippen LogP contribution in [0.15, 0.2) is 60.4 Å². The van der Waals surface area contributed by atoms with E-state index in [9.17, 15) is 4.79 Å². The van der Waals surface area contributed by atoms with Gasteiger partial charge in [-0.3, -0.25) is 4.98 Å². The molecule has 0 fully saturated rings. The van der Waals surface area contributed by atoms with Crippen molar-refractivity contribution >= 4 is 12.0 Å². The third-order valence-electron chi connectivity index (χ3n) is 2.55. The van der Waals surface area contributed by atoms with Crippen LogP contribution >= 0.6 is 0 Å². The molecule has 0 saturated heterocycles. The fourth-order valence-corrected chi connectivity index (χ4v) is 1.57. The van der Waals surface area contributed by atoms with Crippen LogP contribution in [0.1, 0.15) is 11.1 Å². The molecule has 0 aliphatic rings. The number of aromatic nitrogens is 1. The summed E-state index contributed by atoms with van der Waals surface area (Å²) in [7, 11) is 0. The Morgan fingerprint density at radius 3 is 2.70 bits per heavy atom. The molecule has 0 unspecified atom stereocenters. The number of nitriles is 1. The minimum absolute atomic E-state index is 0.0473. The molecule has 0 spiro atoms. The van der Waals surface area contributed by atoms with E-state index < -0.39 is 5.97 Å². The second-order valence-corrected chi connectivity index (χ2v) is 4.02. The van der Waals surface area contributed by atoms with Crippen molar-refractivity contribution in [3.8, 4) is 6.07 Å². The van der Waals surface area contributed by atoms with Crippen molar-refractivity contribution in [1.29, 1.82) is 5.26 Å². The summed E-state index contributed by atoms with van der Waals surface area (Å²) >= 11 is 0. The molecule has 20 heavy (non-hydrogen) atoms. The molecule has 0 saturated carbocycles. The maximum atomic E-state index is 11.8. The SMILES string of the molecule is N#C/C(=C\c1cccnc1)C(=O)OCc1ccccc1. The molecule has 1 heterocycles. The monoisotopic (exact) mass is 264 g/mol.